The first-order chi connectivity index (χ1) is 6.89. The molecule has 0 aromatic heterocycles. The van der Waals surface area contributed by atoms with E-state index < -0.39 is 16.1 Å². The first-order valence-corrected chi connectivity index (χ1v) is 5.54. The van der Waals surface area contributed by atoms with Crippen LogP contribution in [-0.4, -0.2) is 14.3 Å². The molecule has 1 amide bonds. The Balaban J connectivity index is 2.78. The largest absolute Gasteiger partial charge is 0.399 e. The Bertz CT molecular complexity index is 453. The zero-order chi connectivity index (χ0) is 11.5. The zero-order valence-corrected chi connectivity index (χ0v) is 8.84. The maximum atomic E-state index is 11.2. The molecule has 0 saturated heterocycles. The minimum absolute atomic E-state index is 0.331. The van der Waals surface area contributed by atoms with Crippen LogP contribution in [0.1, 0.15) is 6.92 Å². The van der Waals surface area contributed by atoms with Crippen LogP contribution >= 0.6 is 0 Å². The Morgan fingerprint density at radius 3 is 2.27 bits per heavy atom. The van der Waals surface area contributed by atoms with E-state index in [2.05, 4.69) is 4.72 Å². The lowest BCUT2D eigenvalue weighted by molar-refractivity contribution is -0.117. The smallest absolute Gasteiger partial charge is 0.323 e. The van der Waals surface area contributed by atoms with Gasteiger partial charge in [-0.05, 0) is 24.3 Å². The normalized spacial score (nSPS) is 10.7. The number of carbonyl (C=O) groups excluding carboxylic acids is 1. The van der Waals surface area contributed by atoms with Gasteiger partial charge < -0.3 is 5.73 Å². The molecule has 1 aromatic rings. The molecule has 0 spiro atoms. The Morgan fingerprint density at radius 2 is 1.80 bits per heavy atom. The predicted molar refractivity (Wildman–Crippen MR) is 57.2 cm³/mol. The van der Waals surface area contributed by atoms with E-state index in [1.165, 1.54) is 12.1 Å². The Hall–Kier alpha value is -1.76. The van der Waals surface area contributed by atoms with Gasteiger partial charge in [0.2, 0.25) is 5.91 Å². The second-order valence-corrected chi connectivity index (χ2v) is 4.30. The van der Waals surface area contributed by atoms with Crippen LogP contribution < -0.4 is 15.2 Å². The minimum Gasteiger partial charge on any atom is -0.399 e. The van der Waals surface area contributed by atoms with Crippen LogP contribution in [0.2, 0.25) is 0 Å². The fraction of sp³-hybridized carbons (Fsp3) is 0.125. The SMILES string of the molecule is CC(=O)NS(=O)(=O)Nc1ccc(N)cc1. The lowest BCUT2D eigenvalue weighted by Gasteiger charge is -2.07. The van der Waals surface area contributed by atoms with E-state index in [0.717, 1.165) is 6.92 Å². The van der Waals surface area contributed by atoms with Crippen molar-refractivity contribution in [3.63, 3.8) is 0 Å². The molecule has 0 atom stereocenters. The highest BCUT2D eigenvalue weighted by atomic mass is 32.2. The van der Waals surface area contributed by atoms with Crippen molar-refractivity contribution >= 4 is 27.5 Å². The molecule has 0 fully saturated rings. The summed E-state index contributed by atoms with van der Waals surface area (Å²) in [6, 6.07) is 6.08. The van der Waals surface area contributed by atoms with Crippen molar-refractivity contribution in [1.82, 2.24) is 4.72 Å². The molecule has 0 aliphatic rings. The van der Waals surface area contributed by atoms with Crippen molar-refractivity contribution in [2.24, 2.45) is 0 Å². The minimum atomic E-state index is -3.84. The fourth-order valence-corrected chi connectivity index (χ4v) is 1.80. The molecule has 6 nitrogen and oxygen atoms in total. The summed E-state index contributed by atoms with van der Waals surface area (Å²) in [6.45, 7) is 1.11. The third kappa shape index (κ3) is 3.86. The number of carbonyl (C=O) groups is 1. The summed E-state index contributed by atoms with van der Waals surface area (Å²) in [6.07, 6.45) is 0. The molecule has 0 aliphatic carbocycles. The number of nitrogens with one attached hydrogen (secondary N) is 2. The molecular weight excluding hydrogens is 218 g/mol. The van der Waals surface area contributed by atoms with Crippen molar-refractivity contribution in [3.05, 3.63) is 24.3 Å². The lowest BCUT2D eigenvalue weighted by atomic mass is 10.3. The summed E-state index contributed by atoms with van der Waals surface area (Å²) in [4.78, 5) is 10.6. The van der Waals surface area contributed by atoms with Gasteiger partial charge in [0.1, 0.15) is 0 Å². The van der Waals surface area contributed by atoms with Gasteiger partial charge in [0.15, 0.2) is 0 Å². The second-order valence-electron chi connectivity index (χ2n) is 2.89. The molecule has 1 rings (SSSR count). The highest BCUT2D eigenvalue weighted by Crippen LogP contribution is 2.11. The van der Waals surface area contributed by atoms with Gasteiger partial charge in [0.05, 0.1) is 5.69 Å². The highest BCUT2D eigenvalue weighted by Gasteiger charge is 2.10. The standard InChI is InChI=1S/C8H11N3O3S/c1-6(12)10-15(13,14)11-8-4-2-7(9)3-5-8/h2-5,11H,9H2,1H3,(H,10,12). The van der Waals surface area contributed by atoms with Crippen LogP contribution in [-0.2, 0) is 15.0 Å². The molecule has 0 aliphatic heterocycles. The van der Waals surface area contributed by atoms with Crippen LogP contribution in [0, 0.1) is 0 Å². The Morgan fingerprint density at radius 1 is 1.27 bits per heavy atom. The molecule has 1 aromatic carbocycles. The Kier molecular flexibility index (Phi) is 3.15. The van der Waals surface area contributed by atoms with Crippen molar-refractivity contribution in [1.29, 1.82) is 0 Å². The third-order valence-corrected chi connectivity index (χ3v) is 2.50. The van der Waals surface area contributed by atoms with Crippen molar-refractivity contribution in [2.75, 3.05) is 10.5 Å². The van der Waals surface area contributed by atoms with Gasteiger partial charge in [-0.3, -0.25) is 9.52 Å². The average Bonchev–Trinajstić information content (AvgIpc) is 2.06. The molecule has 0 unspecified atom stereocenters. The third-order valence-electron chi connectivity index (χ3n) is 1.44. The van der Waals surface area contributed by atoms with Gasteiger partial charge in [-0.2, -0.15) is 8.42 Å². The molecule has 0 radical (unpaired) electrons. The number of amides is 1. The first kappa shape index (κ1) is 11.3. The monoisotopic (exact) mass is 229 g/mol. The van der Waals surface area contributed by atoms with Crippen LogP contribution in [0.4, 0.5) is 11.4 Å². The molecule has 7 heteroatoms. The molecule has 82 valence electrons. The van der Waals surface area contributed by atoms with Crippen molar-refractivity contribution < 1.29 is 13.2 Å². The van der Waals surface area contributed by atoms with E-state index in [1.807, 2.05) is 0 Å². The molecule has 0 heterocycles. The first-order valence-electron chi connectivity index (χ1n) is 4.06. The van der Waals surface area contributed by atoms with Gasteiger partial charge in [-0.25, -0.2) is 4.72 Å². The highest BCUT2D eigenvalue weighted by molar-refractivity contribution is 7.91. The summed E-state index contributed by atoms with van der Waals surface area (Å²) in [5.41, 5.74) is 6.28. The number of hydrogen-bond acceptors (Lipinski definition) is 4. The fourth-order valence-electron chi connectivity index (χ4n) is 0.921. The number of nitrogen functional groups attached to an aromatic ring is 1. The number of anilines is 2. The molecular formula is C8H11N3O3S. The zero-order valence-electron chi connectivity index (χ0n) is 8.02. The van der Waals surface area contributed by atoms with Crippen molar-refractivity contribution in [2.45, 2.75) is 6.92 Å². The van der Waals surface area contributed by atoms with E-state index in [9.17, 15) is 13.2 Å². The van der Waals surface area contributed by atoms with E-state index in [4.69, 9.17) is 5.73 Å². The van der Waals surface area contributed by atoms with Gasteiger partial charge >= 0.3 is 10.2 Å². The molecule has 0 saturated carbocycles. The topological polar surface area (TPSA) is 101 Å². The number of nitrogens with two attached hydrogens (primary N) is 1. The molecule has 0 bridgehead atoms. The van der Waals surface area contributed by atoms with Gasteiger partial charge in [0, 0.05) is 12.6 Å². The number of hydrogen-bond donors (Lipinski definition) is 3. The average molecular weight is 229 g/mol. The van der Waals surface area contributed by atoms with Gasteiger partial charge in [-0.15, -0.1) is 0 Å². The molecule has 15 heavy (non-hydrogen) atoms. The van der Waals surface area contributed by atoms with Crippen LogP contribution in [0.15, 0.2) is 24.3 Å². The van der Waals surface area contributed by atoms with Crippen LogP contribution in [0.25, 0.3) is 0 Å². The maximum Gasteiger partial charge on any atom is 0.323 e. The molecule has 4 N–H and O–H groups in total. The summed E-state index contributed by atoms with van der Waals surface area (Å²) in [7, 11) is -3.84. The summed E-state index contributed by atoms with van der Waals surface area (Å²) < 4.78 is 26.4. The summed E-state index contributed by atoms with van der Waals surface area (Å²) in [5.74, 6) is -0.655. The van der Waals surface area contributed by atoms with Gasteiger partial charge in [0.25, 0.3) is 0 Å². The summed E-state index contributed by atoms with van der Waals surface area (Å²) >= 11 is 0. The quantitative estimate of drug-likeness (QED) is 0.638. The van der Waals surface area contributed by atoms with E-state index in [1.54, 1.807) is 16.9 Å². The van der Waals surface area contributed by atoms with E-state index >= 15 is 0 Å². The number of benzene rings is 1. The maximum absolute atomic E-state index is 11.2. The number of rotatable bonds is 3. The van der Waals surface area contributed by atoms with E-state index in [0.29, 0.717) is 11.4 Å². The van der Waals surface area contributed by atoms with Crippen molar-refractivity contribution in [3.8, 4) is 0 Å². The van der Waals surface area contributed by atoms with Crippen LogP contribution in [0.5, 0.6) is 0 Å². The van der Waals surface area contributed by atoms with Crippen LogP contribution in [0.3, 0.4) is 0 Å². The van der Waals surface area contributed by atoms with E-state index in [-0.39, 0.29) is 0 Å². The second kappa shape index (κ2) is 4.18. The summed E-state index contributed by atoms with van der Waals surface area (Å²) in [5, 5.41) is 0. The Labute approximate surface area is 87.7 Å². The van der Waals surface area contributed by atoms with Gasteiger partial charge in [-0.1, -0.05) is 0 Å². The predicted octanol–water partition coefficient (Wildman–Crippen LogP) is 0.0616. The lowest BCUT2D eigenvalue weighted by Crippen LogP contribution is -2.33.